The molecule has 35 heavy (non-hydrogen) atoms. The largest absolute Gasteiger partial charge is 0.494 e. The van der Waals surface area contributed by atoms with Crippen LogP contribution in [0.3, 0.4) is 0 Å². The highest BCUT2D eigenvalue weighted by Gasteiger charge is 2.18. The van der Waals surface area contributed by atoms with E-state index in [4.69, 9.17) is 14.5 Å². The van der Waals surface area contributed by atoms with E-state index in [1.807, 2.05) is 24.3 Å². The number of nitrogens with zero attached hydrogens (tertiary/aromatic N) is 5. The summed E-state index contributed by atoms with van der Waals surface area (Å²) < 4.78 is 10.9. The summed E-state index contributed by atoms with van der Waals surface area (Å²) in [6.45, 7) is 3.94. The number of hydrogen-bond acceptors (Lipinski definition) is 9. The van der Waals surface area contributed by atoms with Gasteiger partial charge in [-0.05, 0) is 36.7 Å². The number of fused-ring (bicyclic) bond motifs is 1. The zero-order chi connectivity index (χ0) is 24.4. The molecule has 0 radical (unpaired) electrons. The van der Waals surface area contributed by atoms with Gasteiger partial charge in [0.25, 0.3) is 5.56 Å². The van der Waals surface area contributed by atoms with E-state index in [1.165, 1.54) is 13.3 Å². The fourth-order valence-corrected chi connectivity index (χ4v) is 4.18. The summed E-state index contributed by atoms with van der Waals surface area (Å²) in [5.74, 6) is 1.44. The number of ether oxygens (including phenoxy) is 2. The molecule has 180 valence electrons. The maximum atomic E-state index is 12.8. The second-order valence-corrected chi connectivity index (χ2v) is 8.37. The lowest BCUT2D eigenvalue weighted by atomic mass is 10.1. The number of rotatable bonds is 6. The minimum Gasteiger partial charge on any atom is -0.494 e. The van der Waals surface area contributed by atoms with E-state index in [0.717, 1.165) is 37.3 Å². The molecule has 0 amide bonds. The summed E-state index contributed by atoms with van der Waals surface area (Å²) in [5.41, 5.74) is 2.65. The fraction of sp³-hybridized carbons (Fsp3) is 0.280. The van der Waals surface area contributed by atoms with Crippen molar-refractivity contribution in [3.8, 4) is 23.0 Å². The van der Waals surface area contributed by atoms with E-state index >= 15 is 0 Å². The first-order valence-electron chi connectivity index (χ1n) is 11.3. The van der Waals surface area contributed by atoms with Gasteiger partial charge in [-0.1, -0.05) is 0 Å². The summed E-state index contributed by atoms with van der Waals surface area (Å²) in [5, 5.41) is 4.48. The molecule has 2 N–H and O–H groups in total. The Labute approximate surface area is 202 Å². The number of anilines is 3. The monoisotopic (exact) mass is 473 g/mol. The van der Waals surface area contributed by atoms with Crippen molar-refractivity contribution in [2.24, 2.45) is 0 Å². The summed E-state index contributed by atoms with van der Waals surface area (Å²) in [4.78, 5) is 33.5. The summed E-state index contributed by atoms with van der Waals surface area (Å²) in [6.07, 6.45) is 4.75. The van der Waals surface area contributed by atoms with E-state index < -0.39 is 0 Å². The molecule has 0 bridgehead atoms. The Morgan fingerprint density at radius 1 is 0.971 bits per heavy atom. The molecular weight excluding hydrogens is 446 g/mol. The minimum absolute atomic E-state index is 0.242. The van der Waals surface area contributed by atoms with Crippen LogP contribution in [0.1, 0.15) is 0 Å². The van der Waals surface area contributed by atoms with Crippen LogP contribution in [-0.2, 0) is 0 Å². The van der Waals surface area contributed by atoms with Crippen LogP contribution in [0.5, 0.6) is 11.6 Å². The maximum absolute atomic E-state index is 12.8. The van der Waals surface area contributed by atoms with Gasteiger partial charge in [0.2, 0.25) is 5.88 Å². The van der Waals surface area contributed by atoms with Gasteiger partial charge in [0.15, 0.2) is 0 Å². The molecule has 4 heterocycles. The third-order valence-corrected chi connectivity index (χ3v) is 6.14. The van der Waals surface area contributed by atoms with E-state index in [-0.39, 0.29) is 5.56 Å². The molecule has 1 saturated heterocycles. The quantitative estimate of drug-likeness (QED) is 0.437. The van der Waals surface area contributed by atoms with E-state index in [1.54, 1.807) is 19.5 Å². The zero-order valence-corrected chi connectivity index (χ0v) is 19.9. The predicted molar refractivity (Wildman–Crippen MR) is 136 cm³/mol. The molecule has 1 aliphatic rings. The molecule has 5 rings (SSSR count). The third kappa shape index (κ3) is 4.60. The van der Waals surface area contributed by atoms with Gasteiger partial charge in [-0.15, -0.1) is 0 Å². The summed E-state index contributed by atoms with van der Waals surface area (Å²) >= 11 is 0. The molecule has 0 spiro atoms. The Kier molecular flexibility index (Phi) is 6.19. The standard InChI is InChI=1S/C25H27N7O3/c1-31-8-10-32(11-9-31)17-4-5-18(21(13-17)34-2)29-24-23-16(6-7-27-25(23)33)12-19(30-24)20-14-26-15-22(28-20)35-3/h4-7,12-15H,8-11H2,1-3H3,(H,27,33)(H,29,30). The van der Waals surface area contributed by atoms with Crippen molar-refractivity contribution in [3.05, 3.63) is 59.3 Å². The molecular formula is C25H27N7O3. The van der Waals surface area contributed by atoms with E-state index in [9.17, 15) is 4.79 Å². The van der Waals surface area contributed by atoms with Crippen molar-refractivity contribution in [3.63, 3.8) is 0 Å². The second kappa shape index (κ2) is 9.59. The van der Waals surface area contributed by atoms with Crippen LogP contribution in [-0.4, -0.2) is 72.3 Å². The first-order chi connectivity index (χ1) is 17.1. The predicted octanol–water partition coefficient (Wildman–Crippen LogP) is 2.89. The maximum Gasteiger partial charge on any atom is 0.259 e. The van der Waals surface area contributed by atoms with Crippen molar-refractivity contribution in [1.82, 2.24) is 24.8 Å². The number of H-pyrrole nitrogens is 1. The molecule has 0 saturated carbocycles. The topological polar surface area (TPSA) is 108 Å². The molecule has 0 aliphatic carbocycles. The molecule has 10 nitrogen and oxygen atoms in total. The van der Waals surface area contributed by atoms with Crippen molar-refractivity contribution < 1.29 is 9.47 Å². The lowest BCUT2D eigenvalue weighted by Gasteiger charge is -2.34. The molecule has 1 fully saturated rings. The Morgan fingerprint density at radius 2 is 1.80 bits per heavy atom. The van der Waals surface area contributed by atoms with Gasteiger partial charge in [0.05, 0.1) is 43.4 Å². The van der Waals surface area contributed by atoms with Gasteiger partial charge in [0.1, 0.15) is 17.3 Å². The van der Waals surface area contributed by atoms with Crippen molar-refractivity contribution >= 4 is 28.0 Å². The number of likely N-dealkylation sites (N-methyl/N-ethyl adjacent to an activating group) is 1. The number of aromatic nitrogens is 4. The number of pyridine rings is 2. The minimum atomic E-state index is -0.242. The fourth-order valence-electron chi connectivity index (χ4n) is 4.18. The number of piperazine rings is 1. The first kappa shape index (κ1) is 22.6. The molecule has 0 atom stereocenters. The Bertz CT molecular complexity index is 1410. The van der Waals surface area contributed by atoms with Gasteiger partial charge in [-0.3, -0.25) is 9.78 Å². The van der Waals surface area contributed by atoms with Crippen LogP contribution >= 0.6 is 0 Å². The normalized spacial score (nSPS) is 14.2. The summed E-state index contributed by atoms with van der Waals surface area (Å²) in [7, 11) is 5.30. The average molecular weight is 474 g/mol. The molecule has 10 heteroatoms. The van der Waals surface area contributed by atoms with Gasteiger partial charge >= 0.3 is 0 Å². The third-order valence-electron chi connectivity index (χ3n) is 6.14. The number of benzene rings is 1. The van der Waals surface area contributed by atoms with Gasteiger partial charge in [0, 0.05) is 44.1 Å². The van der Waals surface area contributed by atoms with Crippen molar-refractivity contribution in [2.45, 2.75) is 0 Å². The molecule has 1 aliphatic heterocycles. The Balaban J connectivity index is 1.55. The SMILES string of the molecule is COc1cncc(-c2cc3cc[nH]c(=O)c3c(Nc3ccc(N4CCN(C)CC4)cc3OC)n2)n1. The number of hydrogen-bond donors (Lipinski definition) is 2. The zero-order valence-electron chi connectivity index (χ0n) is 19.9. The molecule has 1 aromatic carbocycles. The van der Waals surface area contributed by atoms with Crippen LogP contribution in [0.4, 0.5) is 17.2 Å². The van der Waals surface area contributed by atoms with Crippen LogP contribution in [0.2, 0.25) is 0 Å². The van der Waals surface area contributed by atoms with E-state index in [0.29, 0.717) is 39.9 Å². The number of methoxy groups -OCH3 is 2. The molecule has 0 unspecified atom stereocenters. The number of aromatic amines is 1. The van der Waals surface area contributed by atoms with Gasteiger partial charge < -0.3 is 29.6 Å². The Morgan fingerprint density at radius 3 is 2.57 bits per heavy atom. The van der Waals surface area contributed by atoms with Gasteiger partial charge in [-0.2, -0.15) is 0 Å². The van der Waals surface area contributed by atoms with Crippen LogP contribution in [0.15, 0.2) is 53.7 Å². The number of nitrogens with one attached hydrogen (secondary N) is 2. The average Bonchev–Trinajstić information content (AvgIpc) is 2.89. The highest BCUT2D eigenvalue weighted by atomic mass is 16.5. The lowest BCUT2D eigenvalue weighted by Crippen LogP contribution is -2.44. The second-order valence-electron chi connectivity index (χ2n) is 8.37. The van der Waals surface area contributed by atoms with Crippen molar-refractivity contribution in [2.75, 3.05) is 57.7 Å². The van der Waals surface area contributed by atoms with Crippen LogP contribution < -0.4 is 25.2 Å². The lowest BCUT2D eigenvalue weighted by molar-refractivity contribution is 0.312. The highest BCUT2D eigenvalue weighted by Crippen LogP contribution is 2.34. The van der Waals surface area contributed by atoms with Gasteiger partial charge in [-0.25, -0.2) is 9.97 Å². The van der Waals surface area contributed by atoms with Crippen molar-refractivity contribution in [1.29, 1.82) is 0 Å². The van der Waals surface area contributed by atoms with Crippen LogP contribution in [0.25, 0.3) is 22.2 Å². The van der Waals surface area contributed by atoms with Crippen LogP contribution in [0, 0.1) is 0 Å². The highest BCUT2D eigenvalue weighted by molar-refractivity contribution is 5.95. The smallest absolute Gasteiger partial charge is 0.259 e. The summed E-state index contributed by atoms with van der Waals surface area (Å²) in [6, 6.07) is 9.66. The molecule has 4 aromatic rings. The molecule has 3 aromatic heterocycles. The van der Waals surface area contributed by atoms with E-state index in [2.05, 4.69) is 43.2 Å². The Hall–Kier alpha value is -4.18. The first-order valence-corrected chi connectivity index (χ1v) is 11.3.